The van der Waals surface area contributed by atoms with Crippen LogP contribution in [0, 0.1) is 6.92 Å². The summed E-state index contributed by atoms with van der Waals surface area (Å²) >= 11 is 0. The zero-order chi connectivity index (χ0) is 20.2. The maximum atomic E-state index is 5.13. The number of hydrogen-bond acceptors (Lipinski definition) is 1. The molecule has 0 atom stereocenters. The van der Waals surface area contributed by atoms with Crippen molar-refractivity contribution in [3.63, 3.8) is 0 Å². The summed E-state index contributed by atoms with van der Waals surface area (Å²) < 4.78 is 4.53. The highest BCUT2D eigenvalue weighted by Crippen LogP contribution is 2.36. The molecule has 3 nitrogen and oxygen atoms in total. The number of benzene rings is 3. The summed E-state index contributed by atoms with van der Waals surface area (Å²) in [6.45, 7) is 2.18. The minimum Gasteiger partial charge on any atom is -0.295 e. The van der Waals surface area contributed by atoms with Crippen molar-refractivity contribution < 1.29 is 4.57 Å². The highest BCUT2D eigenvalue weighted by atomic mass is 15.1. The molecule has 3 heteroatoms. The van der Waals surface area contributed by atoms with Crippen LogP contribution in [0.25, 0.3) is 39.1 Å². The van der Waals surface area contributed by atoms with Crippen LogP contribution in [-0.4, -0.2) is 9.55 Å². The summed E-state index contributed by atoms with van der Waals surface area (Å²) in [6, 6.07) is 28.1. The predicted molar refractivity (Wildman–Crippen MR) is 121 cm³/mol. The number of imidazole rings is 1. The molecule has 0 radical (unpaired) electrons. The van der Waals surface area contributed by atoms with E-state index in [1.165, 1.54) is 44.7 Å². The van der Waals surface area contributed by atoms with Gasteiger partial charge in [-0.3, -0.25) is 4.57 Å². The molecular formula is C27H22N3+. The lowest BCUT2D eigenvalue weighted by molar-refractivity contribution is -0.659. The summed E-state index contributed by atoms with van der Waals surface area (Å²) in [5.74, 6) is 1.12. The fraction of sp³-hybridized carbons (Fsp3) is 0.111. The molecule has 144 valence electrons. The number of aromatic nitrogens is 3. The van der Waals surface area contributed by atoms with Crippen LogP contribution >= 0.6 is 0 Å². The first-order valence-electron chi connectivity index (χ1n) is 10.4. The van der Waals surface area contributed by atoms with E-state index in [4.69, 9.17) is 4.98 Å². The number of nitrogens with zero attached hydrogens (tertiary/aromatic N) is 3. The second-order valence-electron chi connectivity index (χ2n) is 8.07. The first kappa shape index (κ1) is 17.2. The van der Waals surface area contributed by atoms with Gasteiger partial charge in [-0.15, -0.1) is 0 Å². The van der Waals surface area contributed by atoms with Crippen molar-refractivity contribution in [1.82, 2.24) is 9.55 Å². The lowest BCUT2D eigenvalue weighted by atomic mass is 9.97. The van der Waals surface area contributed by atoms with E-state index >= 15 is 0 Å². The second kappa shape index (κ2) is 6.39. The summed E-state index contributed by atoms with van der Waals surface area (Å²) in [4.78, 5) is 5.13. The Bertz CT molecular complexity index is 1430. The van der Waals surface area contributed by atoms with Crippen LogP contribution in [-0.2, 0) is 13.5 Å². The summed E-state index contributed by atoms with van der Waals surface area (Å²) in [6.07, 6.45) is 3.04. The number of hydrogen-bond donors (Lipinski definition) is 0. The van der Waals surface area contributed by atoms with E-state index in [-0.39, 0.29) is 0 Å². The standard InChI is InChI=1S/C27H22N3/c1-18-12-13-20(19-8-4-3-5-9-19)16-22(18)27-26-24(14-15-29(27)2)30-23-11-7-6-10-21(23)17-25(30)28-26/h3-16H,17H2,1-2H3/q+1. The highest BCUT2D eigenvalue weighted by Gasteiger charge is 2.27. The van der Waals surface area contributed by atoms with E-state index in [1.807, 2.05) is 0 Å². The van der Waals surface area contributed by atoms with Gasteiger partial charge < -0.3 is 0 Å². The third-order valence-electron chi connectivity index (χ3n) is 6.20. The highest BCUT2D eigenvalue weighted by molar-refractivity contribution is 5.91. The monoisotopic (exact) mass is 388 g/mol. The molecule has 0 aliphatic carbocycles. The Hall–Kier alpha value is -3.72. The van der Waals surface area contributed by atoms with E-state index in [1.54, 1.807) is 0 Å². The number of rotatable bonds is 2. The summed E-state index contributed by atoms with van der Waals surface area (Å²) in [5, 5.41) is 0. The van der Waals surface area contributed by atoms with Gasteiger partial charge in [0.05, 0.1) is 16.8 Å². The lowest BCUT2D eigenvalue weighted by Gasteiger charge is -2.09. The molecule has 0 amide bonds. The minimum atomic E-state index is 0.886. The maximum absolute atomic E-state index is 5.13. The van der Waals surface area contributed by atoms with Gasteiger partial charge in [-0.25, -0.2) is 4.98 Å². The molecule has 0 saturated heterocycles. The largest absolute Gasteiger partial charge is 0.295 e. The normalized spacial score (nSPS) is 12.2. The van der Waals surface area contributed by atoms with Gasteiger partial charge in [0.25, 0.3) is 0 Å². The SMILES string of the molecule is Cc1ccc(-c2ccccc2)cc1-c1c2nc3n(c2cc[n+]1C)-c1ccccc1C3. The van der Waals surface area contributed by atoms with Gasteiger partial charge in [-0.1, -0.05) is 60.7 Å². The molecule has 0 spiro atoms. The smallest absolute Gasteiger partial charge is 0.240 e. The fourth-order valence-corrected chi connectivity index (χ4v) is 4.67. The molecule has 3 heterocycles. The van der Waals surface area contributed by atoms with Crippen molar-refractivity contribution in [1.29, 1.82) is 0 Å². The molecule has 2 aromatic heterocycles. The van der Waals surface area contributed by atoms with Gasteiger partial charge in [-0.05, 0) is 41.3 Å². The van der Waals surface area contributed by atoms with Crippen molar-refractivity contribution in [2.75, 3.05) is 0 Å². The molecule has 0 saturated carbocycles. The molecule has 0 fully saturated rings. The molecule has 0 N–H and O–H groups in total. The second-order valence-corrected chi connectivity index (χ2v) is 8.07. The quantitative estimate of drug-likeness (QED) is 0.364. The molecular weight excluding hydrogens is 366 g/mol. The van der Waals surface area contributed by atoms with Crippen LogP contribution in [0.5, 0.6) is 0 Å². The Labute approximate surface area is 175 Å². The van der Waals surface area contributed by atoms with Gasteiger partial charge in [0, 0.05) is 12.5 Å². The van der Waals surface area contributed by atoms with Gasteiger partial charge in [0.1, 0.15) is 12.9 Å². The van der Waals surface area contributed by atoms with Gasteiger partial charge in [-0.2, -0.15) is 4.57 Å². The first-order chi connectivity index (χ1) is 14.7. The topological polar surface area (TPSA) is 21.7 Å². The summed E-state index contributed by atoms with van der Waals surface area (Å²) in [7, 11) is 2.11. The molecule has 5 aromatic rings. The Balaban J connectivity index is 1.61. The number of aryl methyl sites for hydroxylation is 2. The van der Waals surface area contributed by atoms with Crippen LogP contribution in [0.4, 0.5) is 0 Å². The van der Waals surface area contributed by atoms with Crippen molar-refractivity contribution in [2.24, 2.45) is 7.05 Å². The molecule has 6 rings (SSSR count). The first-order valence-corrected chi connectivity index (χ1v) is 10.4. The van der Waals surface area contributed by atoms with Crippen LogP contribution in [0.1, 0.15) is 17.0 Å². The van der Waals surface area contributed by atoms with Crippen LogP contribution in [0.3, 0.4) is 0 Å². The van der Waals surface area contributed by atoms with Crippen molar-refractivity contribution in [2.45, 2.75) is 13.3 Å². The van der Waals surface area contributed by atoms with Crippen LogP contribution < -0.4 is 4.57 Å². The Morgan fingerprint density at radius 2 is 1.67 bits per heavy atom. The Morgan fingerprint density at radius 1 is 0.867 bits per heavy atom. The van der Waals surface area contributed by atoms with E-state index in [0.29, 0.717) is 0 Å². The van der Waals surface area contributed by atoms with E-state index in [2.05, 4.69) is 108 Å². The van der Waals surface area contributed by atoms with Crippen molar-refractivity contribution in [3.05, 3.63) is 102 Å². The molecule has 1 aliphatic rings. The molecule has 30 heavy (non-hydrogen) atoms. The maximum Gasteiger partial charge on any atom is 0.240 e. The average Bonchev–Trinajstić information content (AvgIpc) is 3.31. The van der Waals surface area contributed by atoms with Crippen LogP contribution in [0.2, 0.25) is 0 Å². The van der Waals surface area contributed by atoms with Gasteiger partial charge in [0.2, 0.25) is 5.69 Å². The van der Waals surface area contributed by atoms with E-state index in [0.717, 1.165) is 17.8 Å². The zero-order valence-electron chi connectivity index (χ0n) is 17.1. The molecule has 3 aromatic carbocycles. The fourth-order valence-electron chi connectivity index (χ4n) is 4.67. The zero-order valence-corrected chi connectivity index (χ0v) is 17.1. The number of para-hydroxylation sites is 1. The molecule has 0 bridgehead atoms. The summed E-state index contributed by atoms with van der Waals surface area (Å²) in [5.41, 5.74) is 11.0. The third-order valence-corrected chi connectivity index (χ3v) is 6.20. The third kappa shape index (κ3) is 2.45. The molecule has 0 unspecified atom stereocenters. The number of pyridine rings is 1. The number of fused-ring (bicyclic) bond motifs is 5. The minimum absolute atomic E-state index is 0.886. The van der Waals surface area contributed by atoms with Crippen molar-refractivity contribution in [3.8, 4) is 28.1 Å². The Morgan fingerprint density at radius 3 is 2.53 bits per heavy atom. The van der Waals surface area contributed by atoms with E-state index in [9.17, 15) is 0 Å². The van der Waals surface area contributed by atoms with Crippen molar-refractivity contribution >= 4 is 11.0 Å². The Kier molecular flexibility index (Phi) is 3.66. The predicted octanol–water partition coefficient (Wildman–Crippen LogP) is 5.40. The van der Waals surface area contributed by atoms with Gasteiger partial charge in [0.15, 0.2) is 11.7 Å². The molecule has 1 aliphatic heterocycles. The average molecular weight is 388 g/mol. The van der Waals surface area contributed by atoms with Crippen LogP contribution in [0.15, 0.2) is 85.1 Å². The van der Waals surface area contributed by atoms with E-state index < -0.39 is 0 Å². The van der Waals surface area contributed by atoms with Gasteiger partial charge >= 0.3 is 0 Å². The lowest BCUT2D eigenvalue weighted by Crippen LogP contribution is -2.31.